The lowest BCUT2D eigenvalue weighted by Gasteiger charge is -2.12. The summed E-state index contributed by atoms with van der Waals surface area (Å²) in [4.78, 5) is 16.0. The molecule has 0 spiro atoms. The molecule has 0 atom stereocenters. The number of esters is 1. The molecule has 3 rings (SSSR count). The third kappa shape index (κ3) is 3.60. The van der Waals surface area contributed by atoms with E-state index in [1.807, 2.05) is 26.0 Å². The minimum atomic E-state index is -0.567. The second-order valence-corrected chi connectivity index (χ2v) is 5.88. The summed E-state index contributed by atoms with van der Waals surface area (Å²) < 4.78 is 24.3. The number of hydrogen-bond acceptors (Lipinski definition) is 4. The summed E-state index contributed by atoms with van der Waals surface area (Å²) in [7, 11) is 1.29. The Morgan fingerprint density at radius 3 is 2.64 bits per heavy atom. The highest BCUT2D eigenvalue weighted by molar-refractivity contribution is 5.94. The fraction of sp³-hybridized carbons (Fsp3) is 0.200. The zero-order chi connectivity index (χ0) is 18.0. The SMILES string of the molecule is COC(=O)c1cc(OCc2ccc(C)cc2C)c2cc(F)ccc2n1. The molecule has 1 heterocycles. The molecule has 0 aliphatic rings. The predicted molar refractivity (Wildman–Crippen MR) is 93.3 cm³/mol. The van der Waals surface area contributed by atoms with Crippen molar-refractivity contribution in [1.29, 1.82) is 0 Å². The number of aryl methyl sites for hydroxylation is 2. The smallest absolute Gasteiger partial charge is 0.356 e. The number of halogens is 1. The van der Waals surface area contributed by atoms with Gasteiger partial charge in [-0.2, -0.15) is 0 Å². The zero-order valence-electron chi connectivity index (χ0n) is 14.3. The molecule has 2 aromatic carbocycles. The van der Waals surface area contributed by atoms with Crippen LogP contribution >= 0.6 is 0 Å². The molecule has 0 aliphatic carbocycles. The predicted octanol–water partition coefficient (Wildman–Crippen LogP) is 4.36. The van der Waals surface area contributed by atoms with Gasteiger partial charge in [0, 0.05) is 11.5 Å². The molecular weight excluding hydrogens is 321 g/mol. The molecule has 0 saturated heterocycles. The van der Waals surface area contributed by atoms with Gasteiger partial charge < -0.3 is 9.47 Å². The Labute approximate surface area is 145 Å². The summed E-state index contributed by atoms with van der Waals surface area (Å²) in [5.41, 5.74) is 3.90. The van der Waals surface area contributed by atoms with Gasteiger partial charge in [0.2, 0.25) is 0 Å². The van der Waals surface area contributed by atoms with Crippen molar-refractivity contribution < 1.29 is 18.7 Å². The van der Waals surface area contributed by atoms with Crippen molar-refractivity contribution in [2.75, 3.05) is 7.11 Å². The van der Waals surface area contributed by atoms with Gasteiger partial charge in [-0.05, 0) is 43.2 Å². The molecule has 5 heteroatoms. The Morgan fingerprint density at radius 1 is 1.12 bits per heavy atom. The van der Waals surface area contributed by atoms with E-state index in [9.17, 15) is 9.18 Å². The van der Waals surface area contributed by atoms with Crippen LogP contribution in [0.1, 0.15) is 27.2 Å². The number of benzene rings is 2. The molecule has 0 amide bonds. The van der Waals surface area contributed by atoms with Gasteiger partial charge in [0.1, 0.15) is 18.2 Å². The first kappa shape index (κ1) is 16.9. The number of carbonyl (C=O) groups excluding carboxylic acids is 1. The van der Waals surface area contributed by atoms with Gasteiger partial charge in [-0.25, -0.2) is 14.2 Å². The first-order valence-electron chi connectivity index (χ1n) is 7.85. The van der Waals surface area contributed by atoms with E-state index in [-0.39, 0.29) is 5.69 Å². The molecule has 0 bridgehead atoms. The van der Waals surface area contributed by atoms with Crippen LogP contribution in [-0.2, 0) is 11.3 Å². The first-order chi connectivity index (χ1) is 12.0. The monoisotopic (exact) mass is 339 g/mol. The normalized spacial score (nSPS) is 10.7. The van der Waals surface area contributed by atoms with Crippen LogP contribution in [0.3, 0.4) is 0 Å². The minimum absolute atomic E-state index is 0.122. The van der Waals surface area contributed by atoms with E-state index in [1.165, 1.54) is 36.9 Å². The summed E-state index contributed by atoms with van der Waals surface area (Å²) >= 11 is 0. The summed E-state index contributed by atoms with van der Waals surface area (Å²) in [6, 6.07) is 11.7. The third-order valence-electron chi connectivity index (χ3n) is 4.01. The number of ether oxygens (including phenoxy) is 2. The van der Waals surface area contributed by atoms with Crippen molar-refractivity contribution in [3.05, 3.63) is 70.7 Å². The molecule has 0 radical (unpaired) electrons. The van der Waals surface area contributed by atoms with E-state index < -0.39 is 11.8 Å². The summed E-state index contributed by atoms with van der Waals surface area (Å²) in [5, 5.41) is 0.511. The van der Waals surface area contributed by atoms with Crippen LogP contribution in [0.2, 0.25) is 0 Å². The number of hydrogen-bond donors (Lipinski definition) is 0. The summed E-state index contributed by atoms with van der Waals surface area (Å²) in [5.74, 6) is -0.566. The number of rotatable bonds is 4. The molecule has 0 aliphatic heterocycles. The van der Waals surface area contributed by atoms with Crippen LogP contribution in [0.4, 0.5) is 4.39 Å². The Morgan fingerprint density at radius 2 is 1.92 bits per heavy atom. The van der Waals surface area contributed by atoms with Gasteiger partial charge in [-0.1, -0.05) is 23.8 Å². The Kier molecular flexibility index (Phi) is 4.65. The van der Waals surface area contributed by atoms with Gasteiger partial charge in [0.25, 0.3) is 0 Å². The third-order valence-corrected chi connectivity index (χ3v) is 4.01. The Bertz CT molecular complexity index is 953. The molecule has 3 aromatic rings. The second-order valence-electron chi connectivity index (χ2n) is 5.88. The van der Waals surface area contributed by atoms with Gasteiger partial charge in [0.05, 0.1) is 12.6 Å². The van der Waals surface area contributed by atoms with Gasteiger partial charge in [0.15, 0.2) is 5.69 Å². The van der Waals surface area contributed by atoms with Gasteiger partial charge >= 0.3 is 5.97 Å². The lowest BCUT2D eigenvalue weighted by Crippen LogP contribution is -2.06. The zero-order valence-corrected chi connectivity index (χ0v) is 14.3. The lowest BCUT2D eigenvalue weighted by atomic mass is 10.1. The largest absolute Gasteiger partial charge is 0.488 e. The molecule has 1 aromatic heterocycles. The topological polar surface area (TPSA) is 48.4 Å². The van der Waals surface area contributed by atoms with Crippen LogP contribution < -0.4 is 4.74 Å². The van der Waals surface area contributed by atoms with Crippen molar-refractivity contribution in [1.82, 2.24) is 4.98 Å². The maximum absolute atomic E-state index is 13.6. The number of methoxy groups -OCH3 is 1. The summed E-state index contributed by atoms with van der Waals surface area (Å²) in [6.45, 7) is 4.34. The molecular formula is C20H18FNO3. The van der Waals surface area contributed by atoms with Crippen molar-refractivity contribution >= 4 is 16.9 Å². The van der Waals surface area contributed by atoms with Crippen molar-refractivity contribution in [2.45, 2.75) is 20.5 Å². The van der Waals surface area contributed by atoms with Crippen molar-refractivity contribution in [2.24, 2.45) is 0 Å². The van der Waals surface area contributed by atoms with E-state index in [0.29, 0.717) is 23.3 Å². The maximum atomic E-state index is 13.6. The van der Waals surface area contributed by atoms with Crippen LogP contribution in [-0.4, -0.2) is 18.1 Å². The van der Waals surface area contributed by atoms with Gasteiger partial charge in [-0.15, -0.1) is 0 Å². The van der Waals surface area contributed by atoms with E-state index in [1.54, 1.807) is 0 Å². The highest BCUT2D eigenvalue weighted by atomic mass is 19.1. The molecule has 0 N–H and O–H groups in total. The van der Waals surface area contributed by atoms with Crippen LogP contribution in [0.25, 0.3) is 10.9 Å². The molecule has 0 fully saturated rings. The molecule has 128 valence electrons. The average Bonchev–Trinajstić information content (AvgIpc) is 2.60. The van der Waals surface area contributed by atoms with Gasteiger partial charge in [-0.3, -0.25) is 0 Å². The highest BCUT2D eigenvalue weighted by Crippen LogP contribution is 2.28. The number of pyridine rings is 1. The highest BCUT2D eigenvalue weighted by Gasteiger charge is 2.14. The molecule has 0 unspecified atom stereocenters. The number of nitrogens with zero attached hydrogens (tertiary/aromatic N) is 1. The van der Waals surface area contributed by atoms with Crippen LogP contribution in [0, 0.1) is 19.7 Å². The van der Waals surface area contributed by atoms with Crippen LogP contribution in [0.15, 0.2) is 42.5 Å². The lowest BCUT2D eigenvalue weighted by molar-refractivity contribution is 0.0594. The van der Waals surface area contributed by atoms with Crippen LogP contribution in [0.5, 0.6) is 5.75 Å². The summed E-state index contributed by atoms with van der Waals surface area (Å²) in [6.07, 6.45) is 0. The molecule has 4 nitrogen and oxygen atoms in total. The number of aromatic nitrogens is 1. The standard InChI is InChI=1S/C20H18FNO3/c1-12-4-5-14(13(2)8-12)11-25-19-10-18(20(23)24-3)22-17-7-6-15(21)9-16(17)19/h4-10H,11H2,1-3H3. The Balaban J connectivity index is 2.00. The maximum Gasteiger partial charge on any atom is 0.356 e. The fourth-order valence-electron chi connectivity index (χ4n) is 2.66. The fourth-order valence-corrected chi connectivity index (χ4v) is 2.66. The minimum Gasteiger partial charge on any atom is -0.488 e. The number of fused-ring (bicyclic) bond motifs is 1. The van der Waals surface area contributed by atoms with Crippen molar-refractivity contribution in [3.63, 3.8) is 0 Å². The van der Waals surface area contributed by atoms with Crippen molar-refractivity contribution in [3.8, 4) is 5.75 Å². The van der Waals surface area contributed by atoms with E-state index in [0.717, 1.165) is 11.1 Å². The second kappa shape index (κ2) is 6.89. The number of carbonyl (C=O) groups is 1. The quantitative estimate of drug-likeness (QED) is 0.663. The van der Waals surface area contributed by atoms with E-state index in [4.69, 9.17) is 9.47 Å². The first-order valence-corrected chi connectivity index (χ1v) is 7.85. The van der Waals surface area contributed by atoms with E-state index >= 15 is 0 Å². The van der Waals surface area contributed by atoms with E-state index in [2.05, 4.69) is 11.1 Å². The molecule has 25 heavy (non-hydrogen) atoms. The average molecular weight is 339 g/mol. The Hall–Kier alpha value is -2.95. The molecule has 0 saturated carbocycles.